The normalized spacial score (nSPS) is 12.2. The van der Waals surface area contributed by atoms with E-state index < -0.39 is 11.4 Å². The van der Waals surface area contributed by atoms with Crippen molar-refractivity contribution in [2.24, 2.45) is 5.41 Å². The Morgan fingerprint density at radius 2 is 1.17 bits per heavy atom. The van der Waals surface area contributed by atoms with Gasteiger partial charge in [0, 0.05) is 0 Å². The SMILES string of the molecule is CCCCCCCCCCOc1ccc(-c2ccc(C(=O)Oc3ccc(OCC(C)(C#N)CCCC)cc3)cc2)cc1. The molecule has 0 fully saturated rings. The van der Waals surface area contributed by atoms with Crippen LogP contribution in [-0.4, -0.2) is 19.2 Å². The van der Waals surface area contributed by atoms with Gasteiger partial charge in [-0.2, -0.15) is 5.26 Å². The van der Waals surface area contributed by atoms with Crippen LogP contribution in [0.2, 0.25) is 0 Å². The molecule has 0 aromatic heterocycles. The first-order valence-electron chi connectivity index (χ1n) is 15.7. The molecule has 42 heavy (non-hydrogen) atoms. The van der Waals surface area contributed by atoms with Crippen molar-refractivity contribution < 1.29 is 19.0 Å². The van der Waals surface area contributed by atoms with Gasteiger partial charge in [0.1, 0.15) is 23.9 Å². The van der Waals surface area contributed by atoms with Crippen LogP contribution in [0.3, 0.4) is 0 Å². The smallest absolute Gasteiger partial charge is 0.343 e. The van der Waals surface area contributed by atoms with Crippen LogP contribution < -0.4 is 14.2 Å². The maximum Gasteiger partial charge on any atom is 0.343 e. The Kier molecular flexibility index (Phi) is 14.0. The average molecular weight is 570 g/mol. The topological polar surface area (TPSA) is 68.6 Å². The minimum absolute atomic E-state index is 0.323. The molecule has 0 saturated heterocycles. The number of nitrogens with zero attached hydrogens (tertiary/aromatic N) is 1. The van der Waals surface area contributed by atoms with Crippen molar-refractivity contribution in [3.05, 3.63) is 78.4 Å². The monoisotopic (exact) mass is 569 g/mol. The molecular formula is C37H47NO4. The molecule has 1 atom stereocenters. The fraction of sp³-hybridized carbons (Fsp3) is 0.459. The highest BCUT2D eigenvalue weighted by molar-refractivity contribution is 5.91. The molecule has 0 aliphatic carbocycles. The fourth-order valence-corrected chi connectivity index (χ4v) is 4.71. The number of hydrogen-bond acceptors (Lipinski definition) is 5. The van der Waals surface area contributed by atoms with Crippen molar-refractivity contribution in [1.82, 2.24) is 0 Å². The summed E-state index contributed by atoms with van der Waals surface area (Å²) in [5, 5.41) is 9.51. The quantitative estimate of drug-likeness (QED) is 0.0816. The van der Waals surface area contributed by atoms with Crippen LogP contribution in [-0.2, 0) is 0 Å². The second-order valence-electron chi connectivity index (χ2n) is 11.4. The molecule has 3 aromatic rings. The molecule has 0 saturated carbocycles. The molecule has 0 amide bonds. The van der Waals surface area contributed by atoms with Crippen LogP contribution in [0.15, 0.2) is 72.8 Å². The highest BCUT2D eigenvalue weighted by Gasteiger charge is 2.24. The summed E-state index contributed by atoms with van der Waals surface area (Å²) in [5.41, 5.74) is 2.04. The van der Waals surface area contributed by atoms with E-state index >= 15 is 0 Å². The third-order valence-electron chi connectivity index (χ3n) is 7.52. The van der Waals surface area contributed by atoms with E-state index in [1.807, 2.05) is 43.3 Å². The number of hydrogen-bond donors (Lipinski definition) is 0. The van der Waals surface area contributed by atoms with Crippen molar-refractivity contribution in [1.29, 1.82) is 5.26 Å². The summed E-state index contributed by atoms with van der Waals surface area (Å²) in [7, 11) is 0. The first-order valence-corrected chi connectivity index (χ1v) is 15.7. The lowest BCUT2D eigenvalue weighted by Crippen LogP contribution is -2.23. The number of nitriles is 1. The Bertz CT molecular complexity index is 1230. The lowest BCUT2D eigenvalue weighted by atomic mass is 9.87. The predicted molar refractivity (Wildman–Crippen MR) is 170 cm³/mol. The van der Waals surface area contributed by atoms with Gasteiger partial charge in [-0.15, -0.1) is 0 Å². The summed E-state index contributed by atoms with van der Waals surface area (Å²) in [6.07, 6.45) is 13.1. The van der Waals surface area contributed by atoms with Gasteiger partial charge < -0.3 is 14.2 Å². The van der Waals surface area contributed by atoms with E-state index in [-0.39, 0.29) is 0 Å². The number of carbonyl (C=O) groups excluding carboxylic acids is 1. The van der Waals surface area contributed by atoms with Gasteiger partial charge in [0.2, 0.25) is 0 Å². The van der Waals surface area contributed by atoms with Gasteiger partial charge in [-0.3, -0.25) is 0 Å². The highest BCUT2D eigenvalue weighted by atomic mass is 16.5. The fourth-order valence-electron chi connectivity index (χ4n) is 4.71. The number of unbranched alkanes of at least 4 members (excludes halogenated alkanes) is 8. The Morgan fingerprint density at radius 1 is 0.667 bits per heavy atom. The van der Waals surface area contributed by atoms with Crippen molar-refractivity contribution in [2.45, 2.75) is 91.4 Å². The van der Waals surface area contributed by atoms with Crippen molar-refractivity contribution in [2.75, 3.05) is 13.2 Å². The van der Waals surface area contributed by atoms with Gasteiger partial charge in [0.15, 0.2) is 0 Å². The molecule has 0 heterocycles. The van der Waals surface area contributed by atoms with Gasteiger partial charge in [-0.25, -0.2) is 4.79 Å². The third-order valence-corrected chi connectivity index (χ3v) is 7.52. The van der Waals surface area contributed by atoms with Gasteiger partial charge in [0.05, 0.1) is 23.7 Å². The molecule has 0 aliphatic rings. The second-order valence-corrected chi connectivity index (χ2v) is 11.4. The van der Waals surface area contributed by atoms with E-state index in [1.165, 1.54) is 44.9 Å². The lowest BCUT2D eigenvalue weighted by Gasteiger charge is -2.21. The van der Waals surface area contributed by atoms with E-state index in [0.717, 1.165) is 49.2 Å². The van der Waals surface area contributed by atoms with Crippen LogP contribution in [0, 0.1) is 16.7 Å². The van der Waals surface area contributed by atoms with Crippen LogP contribution >= 0.6 is 0 Å². The van der Waals surface area contributed by atoms with Crippen LogP contribution in [0.5, 0.6) is 17.2 Å². The van der Waals surface area contributed by atoms with Crippen LogP contribution in [0.25, 0.3) is 11.1 Å². The standard InChI is InChI=1S/C37H47NO4/c1-4-6-8-9-10-11-12-13-27-40-33-20-18-31(19-21-33)30-14-16-32(17-15-30)36(39)42-35-24-22-34(23-25-35)41-29-37(3,28-38)26-7-5-2/h14-25H,4-13,26-27,29H2,1-3H3. The second kappa shape index (κ2) is 17.9. The molecule has 5 heteroatoms. The van der Waals surface area contributed by atoms with Gasteiger partial charge in [-0.1, -0.05) is 95.9 Å². The predicted octanol–water partition coefficient (Wildman–Crippen LogP) is 10.2. The lowest BCUT2D eigenvalue weighted by molar-refractivity contribution is 0.0734. The first kappa shape index (κ1) is 32.7. The molecular weight excluding hydrogens is 522 g/mol. The van der Waals surface area contributed by atoms with E-state index in [9.17, 15) is 10.1 Å². The number of esters is 1. The van der Waals surface area contributed by atoms with Crippen molar-refractivity contribution >= 4 is 5.97 Å². The highest BCUT2D eigenvalue weighted by Crippen LogP contribution is 2.27. The molecule has 0 spiro atoms. The molecule has 1 unspecified atom stereocenters. The Labute approximate surface area is 252 Å². The maximum atomic E-state index is 12.7. The van der Waals surface area contributed by atoms with Crippen LogP contribution in [0.4, 0.5) is 0 Å². The van der Waals surface area contributed by atoms with E-state index in [2.05, 4.69) is 19.9 Å². The Balaban J connectivity index is 1.42. The van der Waals surface area contributed by atoms with Gasteiger partial charge in [-0.05, 0) is 79.4 Å². The summed E-state index contributed by atoms with van der Waals surface area (Å²) in [4.78, 5) is 12.7. The summed E-state index contributed by atoms with van der Waals surface area (Å²) < 4.78 is 17.3. The van der Waals surface area contributed by atoms with E-state index in [1.54, 1.807) is 36.4 Å². The van der Waals surface area contributed by atoms with Gasteiger partial charge in [0.25, 0.3) is 0 Å². The maximum absolute atomic E-state index is 12.7. The Hall–Kier alpha value is -3.78. The van der Waals surface area contributed by atoms with Crippen molar-refractivity contribution in [3.63, 3.8) is 0 Å². The number of carbonyl (C=O) groups is 1. The van der Waals surface area contributed by atoms with E-state index in [0.29, 0.717) is 23.7 Å². The minimum Gasteiger partial charge on any atom is -0.494 e. The third kappa shape index (κ3) is 11.2. The van der Waals surface area contributed by atoms with Crippen molar-refractivity contribution in [3.8, 4) is 34.4 Å². The Morgan fingerprint density at radius 3 is 1.76 bits per heavy atom. The van der Waals surface area contributed by atoms with Gasteiger partial charge >= 0.3 is 5.97 Å². The minimum atomic E-state index is -0.518. The summed E-state index contributed by atoms with van der Waals surface area (Å²) in [6, 6.07) is 24.8. The molecule has 0 N–H and O–H groups in total. The molecule has 224 valence electrons. The summed E-state index contributed by atoms with van der Waals surface area (Å²) in [6.45, 7) is 7.36. The number of benzene rings is 3. The molecule has 3 rings (SSSR count). The zero-order valence-electron chi connectivity index (χ0n) is 25.7. The molecule has 5 nitrogen and oxygen atoms in total. The zero-order chi connectivity index (χ0) is 30.0. The largest absolute Gasteiger partial charge is 0.494 e. The zero-order valence-corrected chi connectivity index (χ0v) is 25.7. The van der Waals surface area contributed by atoms with E-state index in [4.69, 9.17) is 14.2 Å². The number of rotatable bonds is 19. The molecule has 0 bridgehead atoms. The average Bonchev–Trinajstić information content (AvgIpc) is 3.03. The van der Waals surface area contributed by atoms with Crippen LogP contribution in [0.1, 0.15) is 102 Å². The summed E-state index contributed by atoms with van der Waals surface area (Å²) >= 11 is 0. The number of ether oxygens (including phenoxy) is 3. The molecule has 0 radical (unpaired) electrons. The molecule has 0 aliphatic heterocycles. The first-order chi connectivity index (χ1) is 20.5. The molecule has 3 aromatic carbocycles. The summed E-state index contributed by atoms with van der Waals surface area (Å²) in [5.74, 6) is 1.54.